The highest BCUT2D eigenvalue weighted by Crippen LogP contribution is 2.20. The van der Waals surface area contributed by atoms with E-state index in [4.69, 9.17) is 0 Å². The van der Waals surface area contributed by atoms with Gasteiger partial charge in [0.2, 0.25) is 0 Å². The van der Waals surface area contributed by atoms with Gasteiger partial charge in [0.15, 0.2) is 0 Å². The van der Waals surface area contributed by atoms with Crippen LogP contribution in [-0.4, -0.2) is 23.1 Å². The van der Waals surface area contributed by atoms with Gasteiger partial charge in [-0.2, -0.15) is 0 Å². The molecule has 2 aromatic rings. The van der Waals surface area contributed by atoms with Crippen molar-refractivity contribution in [2.75, 3.05) is 5.32 Å². The summed E-state index contributed by atoms with van der Waals surface area (Å²) in [6.45, 7) is 0. The fraction of sp³-hybridized carbons (Fsp3) is 0. The van der Waals surface area contributed by atoms with Gasteiger partial charge in [-0.3, -0.25) is 4.79 Å². The number of nitrogens with one attached hydrogen (secondary N) is 1. The van der Waals surface area contributed by atoms with Crippen molar-refractivity contribution in [2.45, 2.75) is 0 Å². The number of thiophene rings is 1. The maximum absolute atomic E-state index is 12.0. The molecule has 1 heterocycles. The van der Waals surface area contributed by atoms with Crippen LogP contribution in [0.2, 0.25) is 0 Å². The summed E-state index contributed by atoms with van der Waals surface area (Å²) in [5.41, 5.74) is 1.26. The molecule has 1 aromatic heterocycles. The van der Waals surface area contributed by atoms with Crippen LogP contribution in [0.15, 0.2) is 35.7 Å². The maximum atomic E-state index is 12.0. The average Bonchev–Trinajstić information content (AvgIpc) is 2.76. The molecule has 0 aliphatic rings. The van der Waals surface area contributed by atoms with Gasteiger partial charge in [-0.05, 0) is 40.1 Å². The van der Waals surface area contributed by atoms with E-state index in [-0.39, 0.29) is 11.4 Å². The Labute approximate surface area is 122 Å². The number of halogens is 1. The van der Waals surface area contributed by atoms with Crippen LogP contribution in [0.1, 0.15) is 10.4 Å². The molecule has 2 rings (SSSR count). The molecule has 3 N–H and O–H groups in total. The number of anilines is 1. The summed E-state index contributed by atoms with van der Waals surface area (Å²) in [5.74, 6) is -0.256. The molecule has 7 heteroatoms. The molecule has 0 spiro atoms. The van der Waals surface area contributed by atoms with Gasteiger partial charge in [0.1, 0.15) is 0 Å². The van der Waals surface area contributed by atoms with Crippen LogP contribution in [0.25, 0.3) is 0 Å². The lowest BCUT2D eigenvalue weighted by Crippen LogP contribution is -2.33. The van der Waals surface area contributed by atoms with Gasteiger partial charge >= 0.3 is 7.12 Å². The van der Waals surface area contributed by atoms with E-state index in [1.165, 1.54) is 11.3 Å². The number of carbonyl (C=O) groups excluding carboxylic acids is 1. The molecular weight excluding hydrogens is 364 g/mol. The highest BCUT2D eigenvalue weighted by Gasteiger charge is 2.18. The molecule has 0 aliphatic heterocycles. The lowest BCUT2D eigenvalue weighted by molar-refractivity contribution is 0.102. The summed E-state index contributed by atoms with van der Waals surface area (Å²) in [4.78, 5) is 12.0. The van der Waals surface area contributed by atoms with Crippen LogP contribution in [-0.2, 0) is 0 Å². The third-order valence-electron chi connectivity index (χ3n) is 2.35. The van der Waals surface area contributed by atoms with Crippen LogP contribution >= 0.6 is 33.9 Å². The first-order valence-corrected chi connectivity index (χ1v) is 7.05. The van der Waals surface area contributed by atoms with Crippen molar-refractivity contribution < 1.29 is 14.8 Å². The van der Waals surface area contributed by atoms with Gasteiger partial charge in [0.05, 0.1) is 8.45 Å². The molecule has 0 bridgehead atoms. The lowest BCUT2D eigenvalue weighted by Gasteiger charge is -2.09. The quantitative estimate of drug-likeness (QED) is 0.561. The van der Waals surface area contributed by atoms with Crippen LogP contribution in [0.3, 0.4) is 0 Å². The Balaban J connectivity index is 2.25. The second-order valence-electron chi connectivity index (χ2n) is 3.52. The first-order chi connectivity index (χ1) is 8.59. The monoisotopic (exact) mass is 373 g/mol. The summed E-state index contributed by atoms with van der Waals surface area (Å²) < 4.78 is 0.895. The van der Waals surface area contributed by atoms with E-state index in [2.05, 4.69) is 27.9 Å². The van der Waals surface area contributed by atoms with Gasteiger partial charge in [-0.1, -0.05) is 18.2 Å². The van der Waals surface area contributed by atoms with E-state index in [0.717, 1.165) is 2.88 Å². The van der Waals surface area contributed by atoms with Crippen LogP contribution in [0.4, 0.5) is 5.69 Å². The number of hydrogen-bond acceptors (Lipinski definition) is 4. The molecule has 1 aromatic carbocycles. The second-order valence-corrected chi connectivity index (χ2v) is 6.25. The summed E-state index contributed by atoms with van der Waals surface area (Å²) in [7, 11) is -1.61. The minimum absolute atomic E-state index is 0.256. The zero-order chi connectivity index (χ0) is 13.1. The average molecular weight is 373 g/mol. The summed E-state index contributed by atoms with van der Waals surface area (Å²) in [6, 6.07) is 8.32. The standard InChI is InChI=1S/C11H9BINO3S/c13-10-7(5-6-18-10)11(15)14-9-4-2-1-3-8(9)12(16)17/h1-6,16-17H,(H,14,15). The number of benzene rings is 1. The highest BCUT2D eigenvalue weighted by molar-refractivity contribution is 14.1. The predicted octanol–water partition coefficient (Wildman–Crippen LogP) is 1.28. The number of carbonyl (C=O) groups is 1. The Morgan fingerprint density at radius 1 is 1.28 bits per heavy atom. The molecule has 92 valence electrons. The topological polar surface area (TPSA) is 69.6 Å². The number of rotatable bonds is 3. The van der Waals surface area contributed by atoms with E-state index in [9.17, 15) is 14.8 Å². The minimum Gasteiger partial charge on any atom is -0.423 e. The van der Waals surface area contributed by atoms with Gasteiger partial charge in [0, 0.05) is 11.2 Å². The number of hydrogen-bond donors (Lipinski definition) is 3. The van der Waals surface area contributed by atoms with Crippen molar-refractivity contribution in [1.29, 1.82) is 0 Å². The molecule has 1 amide bonds. The van der Waals surface area contributed by atoms with Crippen molar-refractivity contribution in [3.63, 3.8) is 0 Å². The molecule has 4 nitrogen and oxygen atoms in total. The van der Waals surface area contributed by atoms with E-state index in [1.54, 1.807) is 30.3 Å². The largest absolute Gasteiger partial charge is 0.490 e. The van der Waals surface area contributed by atoms with E-state index >= 15 is 0 Å². The molecule has 0 atom stereocenters. The molecule has 0 unspecified atom stereocenters. The Bertz CT molecular complexity index is 573. The molecule has 0 fully saturated rings. The summed E-state index contributed by atoms with van der Waals surface area (Å²) in [5, 5.41) is 22.9. The third kappa shape index (κ3) is 2.92. The smallest absolute Gasteiger partial charge is 0.423 e. The Kier molecular flexibility index (Phi) is 4.38. The van der Waals surface area contributed by atoms with Crippen molar-refractivity contribution in [2.24, 2.45) is 0 Å². The predicted molar refractivity (Wildman–Crippen MR) is 81.3 cm³/mol. The Hall–Kier alpha value is -0.895. The number of para-hydroxylation sites is 1. The van der Waals surface area contributed by atoms with Gasteiger partial charge < -0.3 is 15.4 Å². The fourth-order valence-electron chi connectivity index (χ4n) is 1.48. The molecule has 0 saturated carbocycles. The third-order valence-corrected chi connectivity index (χ3v) is 4.39. The first kappa shape index (κ1) is 13.5. The fourth-order valence-corrected chi connectivity index (χ4v) is 2.96. The van der Waals surface area contributed by atoms with Gasteiger partial charge in [-0.25, -0.2) is 0 Å². The van der Waals surface area contributed by atoms with Crippen molar-refractivity contribution >= 4 is 58.1 Å². The molecule has 18 heavy (non-hydrogen) atoms. The Morgan fingerprint density at radius 3 is 2.61 bits per heavy atom. The van der Waals surface area contributed by atoms with Gasteiger partial charge in [0.25, 0.3) is 5.91 Å². The highest BCUT2D eigenvalue weighted by atomic mass is 127. The van der Waals surface area contributed by atoms with Crippen molar-refractivity contribution in [1.82, 2.24) is 0 Å². The normalized spacial score (nSPS) is 10.2. The SMILES string of the molecule is O=C(Nc1ccccc1B(O)O)c1ccsc1I. The zero-order valence-electron chi connectivity index (χ0n) is 9.13. The molecule has 0 radical (unpaired) electrons. The lowest BCUT2D eigenvalue weighted by atomic mass is 9.79. The van der Waals surface area contributed by atoms with E-state index in [1.807, 2.05) is 5.38 Å². The second kappa shape index (κ2) is 5.83. The first-order valence-electron chi connectivity index (χ1n) is 5.09. The van der Waals surface area contributed by atoms with Crippen LogP contribution in [0, 0.1) is 2.88 Å². The van der Waals surface area contributed by atoms with Gasteiger partial charge in [-0.15, -0.1) is 11.3 Å². The van der Waals surface area contributed by atoms with Crippen LogP contribution in [0.5, 0.6) is 0 Å². The maximum Gasteiger partial charge on any atom is 0.490 e. The summed E-state index contributed by atoms with van der Waals surface area (Å²) in [6.07, 6.45) is 0. The van der Waals surface area contributed by atoms with Crippen molar-refractivity contribution in [3.05, 3.63) is 44.2 Å². The van der Waals surface area contributed by atoms with Crippen molar-refractivity contribution in [3.8, 4) is 0 Å². The Morgan fingerprint density at radius 2 is 2.00 bits per heavy atom. The summed E-state index contributed by atoms with van der Waals surface area (Å²) >= 11 is 3.58. The van der Waals surface area contributed by atoms with Crippen LogP contribution < -0.4 is 10.8 Å². The number of amides is 1. The molecule has 0 saturated heterocycles. The van der Waals surface area contributed by atoms with E-state index in [0.29, 0.717) is 11.3 Å². The zero-order valence-corrected chi connectivity index (χ0v) is 12.1. The minimum atomic E-state index is -1.61. The molecular formula is C11H9BINO3S. The van der Waals surface area contributed by atoms with E-state index < -0.39 is 7.12 Å². The molecule has 0 aliphatic carbocycles.